The van der Waals surface area contributed by atoms with Gasteiger partial charge in [0.1, 0.15) is 5.82 Å². The normalized spacial score (nSPS) is 14.8. The average Bonchev–Trinajstić information content (AvgIpc) is 2.57. The van der Waals surface area contributed by atoms with Gasteiger partial charge in [0.25, 0.3) is 5.91 Å². The monoisotopic (exact) mass is 281 g/mol. The number of nitrogens with one attached hydrogen (secondary N) is 1. The zero-order valence-electron chi connectivity index (χ0n) is 12.0. The Morgan fingerprint density at radius 3 is 2.43 bits per heavy atom. The molecule has 0 aliphatic carbocycles. The molecule has 2 aromatic rings. The van der Waals surface area contributed by atoms with Crippen LogP contribution >= 0.6 is 0 Å². The van der Waals surface area contributed by atoms with E-state index in [4.69, 9.17) is 0 Å². The number of anilines is 2. The summed E-state index contributed by atoms with van der Waals surface area (Å²) < 4.78 is 0. The van der Waals surface area contributed by atoms with Crippen LogP contribution in [0.1, 0.15) is 29.6 Å². The van der Waals surface area contributed by atoms with Gasteiger partial charge in [-0.2, -0.15) is 0 Å². The zero-order chi connectivity index (χ0) is 14.5. The van der Waals surface area contributed by atoms with Crippen LogP contribution in [0.4, 0.5) is 11.5 Å². The number of hydrogen-bond acceptors (Lipinski definition) is 3. The number of rotatable bonds is 3. The molecule has 0 radical (unpaired) electrons. The lowest BCUT2D eigenvalue weighted by atomic mass is 10.1. The van der Waals surface area contributed by atoms with Crippen molar-refractivity contribution in [2.75, 3.05) is 23.3 Å². The standard InChI is InChI=1S/C17H19N3O/c21-17(14-7-3-1-4-8-14)19-15-9-10-16(18-13-15)20-11-5-2-6-12-20/h1,3-4,7-10,13H,2,5-6,11-12H2,(H,19,21). The summed E-state index contributed by atoms with van der Waals surface area (Å²) in [5.41, 5.74) is 1.38. The van der Waals surface area contributed by atoms with E-state index >= 15 is 0 Å². The Morgan fingerprint density at radius 1 is 1.00 bits per heavy atom. The molecule has 0 spiro atoms. The Balaban J connectivity index is 1.65. The van der Waals surface area contributed by atoms with E-state index < -0.39 is 0 Å². The van der Waals surface area contributed by atoms with E-state index in [-0.39, 0.29) is 5.91 Å². The van der Waals surface area contributed by atoms with Crippen molar-refractivity contribution in [2.45, 2.75) is 19.3 Å². The summed E-state index contributed by atoms with van der Waals surface area (Å²) in [6.07, 6.45) is 5.49. The number of aromatic nitrogens is 1. The molecule has 0 unspecified atom stereocenters. The van der Waals surface area contributed by atoms with Gasteiger partial charge in [-0.25, -0.2) is 4.98 Å². The Hall–Kier alpha value is -2.36. The molecule has 4 nitrogen and oxygen atoms in total. The van der Waals surface area contributed by atoms with E-state index in [0.717, 1.165) is 24.6 Å². The second-order valence-corrected chi connectivity index (χ2v) is 5.27. The van der Waals surface area contributed by atoms with Gasteiger partial charge in [-0.1, -0.05) is 18.2 Å². The lowest BCUT2D eigenvalue weighted by molar-refractivity contribution is 0.102. The summed E-state index contributed by atoms with van der Waals surface area (Å²) in [7, 11) is 0. The summed E-state index contributed by atoms with van der Waals surface area (Å²) in [4.78, 5) is 18.8. The highest BCUT2D eigenvalue weighted by molar-refractivity contribution is 6.04. The average molecular weight is 281 g/mol. The van der Waals surface area contributed by atoms with Crippen LogP contribution in [0.15, 0.2) is 48.7 Å². The first-order chi connectivity index (χ1) is 10.3. The zero-order valence-corrected chi connectivity index (χ0v) is 12.0. The van der Waals surface area contributed by atoms with Crippen molar-refractivity contribution in [2.24, 2.45) is 0 Å². The van der Waals surface area contributed by atoms with E-state index in [0.29, 0.717) is 5.56 Å². The van der Waals surface area contributed by atoms with E-state index in [1.54, 1.807) is 18.3 Å². The van der Waals surface area contributed by atoms with Crippen molar-refractivity contribution in [1.29, 1.82) is 0 Å². The predicted octanol–water partition coefficient (Wildman–Crippen LogP) is 3.32. The van der Waals surface area contributed by atoms with Crippen molar-refractivity contribution in [3.63, 3.8) is 0 Å². The maximum atomic E-state index is 12.1. The summed E-state index contributed by atoms with van der Waals surface area (Å²) in [6, 6.07) is 13.1. The highest BCUT2D eigenvalue weighted by Gasteiger charge is 2.12. The highest BCUT2D eigenvalue weighted by Crippen LogP contribution is 2.19. The van der Waals surface area contributed by atoms with Crippen LogP contribution in [0.2, 0.25) is 0 Å². The SMILES string of the molecule is O=C(Nc1ccc(N2CCCCC2)nc1)c1ccccc1. The largest absolute Gasteiger partial charge is 0.357 e. The molecule has 1 aromatic heterocycles. The second-order valence-electron chi connectivity index (χ2n) is 5.27. The molecule has 0 saturated carbocycles. The Kier molecular flexibility index (Phi) is 4.15. The van der Waals surface area contributed by atoms with Crippen LogP contribution in [0, 0.1) is 0 Å². The van der Waals surface area contributed by atoms with Gasteiger partial charge < -0.3 is 10.2 Å². The minimum absolute atomic E-state index is 0.108. The van der Waals surface area contributed by atoms with Crippen molar-refractivity contribution in [1.82, 2.24) is 4.98 Å². The Labute approximate surface area is 124 Å². The number of carbonyl (C=O) groups excluding carboxylic acids is 1. The quantitative estimate of drug-likeness (QED) is 0.938. The number of carbonyl (C=O) groups is 1. The second kappa shape index (κ2) is 6.39. The minimum atomic E-state index is -0.108. The third kappa shape index (κ3) is 3.40. The van der Waals surface area contributed by atoms with Crippen molar-refractivity contribution in [3.8, 4) is 0 Å². The van der Waals surface area contributed by atoms with Gasteiger partial charge in [-0.15, -0.1) is 0 Å². The molecule has 4 heteroatoms. The summed E-state index contributed by atoms with van der Waals surface area (Å²) >= 11 is 0. The van der Waals surface area contributed by atoms with E-state index in [1.165, 1.54) is 19.3 Å². The minimum Gasteiger partial charge on any atom is -0.357 e. The molecule has 0 bridgehead atoms. The van der Waals surface area contributed by atoms with Gasteiger partial charge in [-0.05, 0) is 43.5 Å². The summed E-state index contributed by atoms with van der Waals surface area (Å²) in [6.45, 7) is 2.14. The molecule has 1 saturated heterocycles. The lowest BCUT2D eigenvalue weighted by Gasteiger charge is -2.27. The lowest BCUT2D eigenvalue weighted by Crippen LogP contribution is -2.30. The van der Waals surface area contributed by atoms with Gasteiger partial charge in [0, 0.05) is 18.7 Å². The van der Waals surface area contributed by atoms with Crippen molar-refractivity contribution in [3.05, 3.63) is 54.2 Å². The Bertz CT molecular complexity index is 589. The fraction of sp³-hybridized carbons (Fsp3) is 0.294. The topological polar surface area (TPSA) is 45.2 Å². The third-order valence-electron chi connectivity index (χ3n) is 3.72. The molecular formula is C17H19N3O. The first-order valence-corrected chi connectivity index (χ1v) is 7.40. The molecule has 21 heavy (non-hydrogen) atoms. The molecule has 3 rings (SSSR count). The first kappa shape index (κ1) is 13.6. The van der Waals surface area contributed by atoms with Crippen LogP contribution in [-0.2, 0) is 0 Å². The molecule has 1 aliphatic heterocycles. The van der Waals surface area contributed by atoms with Gasteiger partial charge >= 0.3 is 0 Å². The van der Waals surface area contributed by atoms with Crippen molar-refractivity contribution >= 4 is 17.4 Å². The third-order valence-corrected chi connectivity index (χ3v) is 3.72. The van der Waals surface area contributed by atoms with Gasteiger partial charge in [-0.3, -0.25) is 4.79 Å². The molecule has 0 atom stereocenters. The molecule has 2 heterocycles. The maximum Gasteiger partial charge on any atom is 0.255 e. The predicted molar refractivity (Wildman–Crippen MR) is 84.7 cm³/mol. The fourth-order valence-electron chi connectivity index (χ4n) is 2.56. The number of piperidine rings is 1. The number of hydrogen-bond donors (Lipinski definition) is 1. The molecule has 1 aromatic carbocycles. The molecular weight excluding hydrogens is 262 g/mol. The molecule has 108 valence electrons. The summed E-state index contributed by atoms with van der Waals surface area (Å²) in [5.74, 6) is 0.885. The summed E-state index contributed by atoms with van der Waals surface area (Å²) in [5, 5.41) is 2.87. The highest BCUT2D eigenvalue weighted by atomic mass is 16.1. The number of nitrogens with zero attached hydrogens (tertiary/aromatic N) is 2. The van der Waals surface area contributed by atoms with Crippen LogP contribution in [0.5, 0.6) is 0 Å². The van der Waals surface area contributed by atoms with Gasteiger partial charge in [0.15, 0.2) is 0 Å². The van der Waals surface area contributed by atoms with Crippen LogP contribution in [0.25, 0.3) is 0 Å². The molecule has 1 aliphatic rings. The van der Waals surface area contributed by atoms with Crippen LogP contribution < -0.4 is 10.2 Å². The smallest absolute Gasteiger partial charge is 0.255 e. The first-order valence-electron chi connectivity index (χ1n) is 7.40. The van der Waals surface area contributed by atoms with Crippen LogP contribution in [0.3, 0.4) is 0 Å². The maximum absolute atomic E-state index is 12.1. The molecule has 1 amide bonds. The van der Waals surface area contributed by atoms with Crippen LogP contribution in [-0.4, -0.2) is 24.0 Å². The molecule has 1 fully saturated rings. The number of pyridine rings is 1. The fourth-order valence-corrected chi connectivity index (χ4v) is 2.56. The van der Waals surface area contributed by atoms with E-state index in [1.807, 2.05) is 30.3 Å². The van der Waals surface area contributed by atoms with Gasteiger partial charge in [0.05, 0.1) is 11.9 Å². The van der Waals surface area contributed by atoms with E-state index in [2.05, 4.69) is 15.2 Å². The van der Waals surface area contributed by atoms with Gasteiger partial charge in [0.2, 0.25) is 0 Å². The Morgan fingerprint density at radius 2 is 1.76 bits per heavy atom. The number of amides is 1. The molecule has 1 N–H and O–H groups in total. The van der Waals surface area contributed by atoms with Crippen molar-refractivity contribution < 1.29 is 4.79 Å². The number of benzene rings is 1. The van der Waals surface area contributed by atoms with E-state index in [9.17, 15) is 4.79 Å².